The first kappa shape index (κ1) is 15.3. The summed E-state index contributed by atoms with van der Waals surface area (Å²) in [6, 6.07) is 8.34. The number of likely N-dealkylation sites (N-methyl/N-ethyl adjacent to an activating group) is 1. The topological polar surface area (TPSA) is 20.3 Å². The van der Waals surface area contributed by atoms with Gasteiger partial charge in [0.1, 0.15) is 4.32 Å². The third-order valence-electron chi connectivity index (χ3n) is 3.26. The second kappa shape index (κ2) is 5.70. The lowest BCUT2D eigenvalue weighted by atomic mass is 9.87. The van der Waals surface area contributed by atoms with Gasteiger partial charge >= 0.3 is 0 Å². The number of rotatable bonds is 2. The highest BCUT2D eigenvalue weighted by molar-refractivity contribution is 8.26. The van der Waals surface area contributed by atoms with Crippen molar-refractivity contribution in [2.75, 3.05) is 6.54 Å². The first-order valence-electron chi connectivity index (χ1n) is 6.69. The van der Waals surface area contributed by atoms with Crippen LogP contribution in [0.4, 0.5) is 0 Å². The van der Waals surface area contributed by atoms with Crippen LogP contribution in [0.15, 0.2) is 29.2 Å². The largest absolute Gasteiger partial charge is 0.293 e. The van der Waals surface area contributed by atoms with Gasteiger partial charge in [0, 0.05) is 6.54 Å². The molecule has 0 bridgehead atoms. The number of hydrogen-bond acceptors (Lipinski definition) is 3. The number of carbonyl (C=O) groups is 1. The predicted molar refractivity (Wildman–Crippen MR) is 90.7 cm³/mol. The molecule has 1 aliphatic rings. The summed E-state index contributed by atoms with van der Waals surface area (Å²) in [6.45, 7) is 9.13. The Morgan fingerprint density at radius 3 is 2.30 bits per heavy atom. The summed E-state index contributed by atoms with van der Waals surface area (Å²) in [5, 5.41) is 0. The van der Waals surface area contributed by atoms with Crippen LogP contribution in [0.25, 0.3) is 6.08 Å². The molecule has 1 aromatic carbocycles. The zero-order chi connectivity index (χ0) is 14.9. The van der Waals surface area contributed by atoms with Crippen molar-refractivity contribution in [1.29, 1.82) is 0 Å². The SMILES string of the molecule is CCN1C(=O)/C(=C/c2ccc(C(C)(C)C)cc2)SC1=S. The van der Waals surface area contributed by atoms with Crippen LogP contribution in [-0.2, 0) is 10.2 Å². The molecule has 20 heavy (non-hydrogen) atoms. The normalized spacial score (nSPS) is 18.2. The fourth-order valence-electron chi connectivity index (χ4n) is 2.00. The molecule has 1 saturated heterocycles. The molecule has 1 aliphatic heterocycles. The zero-order valence-electron chi connectivity index (χ0n) is 12.3. The van der Waals surface area contributed by atoms with E-state index in [1.54, 1.807) is 4.90 Å². The zero-order valence-corrected chi connectivity index (χ0v) is 13.9. The number of amides is 1. The van der Waals surface area contributed by atoms with Crippen LogP contribution in [0.5, 0.6) is 0 Å². The summed E-state index contributed by atoms with van der Waals surface area (Å²) in [6.07, 6.45) is 1.92. The second-order valence-corrected chi connectivity index (χ2v) is 7.47. The van der Waals surface area contributed by atoms with Crippen molar-refractivity contribution in [3.05, 3.63) is 40.3 Å². The van der Waals surface area contributed by atoms with Gasteiger partial charge in [-0.1, -0.05) is 69.0 Å². The Bertz CT molecular complexity index is 567. The maximum atomic E-state index is 12.1. The highest BCUT2D eigenvalue weighted by Gasteiger charge is 2.30. The van der Waals surface area contributed by atoms with Crippen molar-refractivity contribution < 1.29 is 4.79 Å². The standard InChI is InChI=1S/C16H19NOS2/c1-5-17-14(18)13(20-15(17)19)10-11-6-8-12(9-7-11)16(2,3)4/h6-10H,5H2,1-4H3/b13-10-. The van der Waals surface area contributed by atoms with Crippen molar-refractivity contribution in [2.45, 2.75) is 33.1 Å². The van der Waals surface area contributed by atoms with Crippen molar-refractivity contribution in [3.63, 3.8) is 0 Å². The van der Waals surface area contributed by atoms with E-state index in [4.69, 9.17) is 12.2 Å². The molecule has 0 spiro atoms. The van der Waals surface area contributed by atoms with Gasteiger partial charge in [-0.25, -0.2) is 0 Å². The van der Waals surface area contributed by atoms with Crippen LogP contribution in [0.1, 0.15) is 38.8 Å². The van der Waals surface area contributed by atoms with E-state index in [0.29, 0.717) is 15.8 Å². The summed E-state index contributed by atoms with van der Waals surface area (Å²) in [5.74, 6) is 0.0161. The van der Waals surface area contributed by atoms with Crippen LogP contribution >= 0.6 is 24.0 Å². The van der Waals surface area contributed by atoms with Gasteiger partial charge in [0.2, 0.25) is 0 Å². The maximum absolute atomic E-state index is 12.1. The third kappa shape index (κ3) is 3.13. The van der Waals surface area contributed by atoms with E-state index in [1.807, 2.05) is 13.0 Å². The fraction of sp³-hybridized carbons (Fsp3) is 0.375. The minimum atomic E-state index is 0.0161. The first-order chi connectivity index (χ1) is 9.32. The molecule has 2 nitrogen and oxygen atoms in total. The number of nitrogens with zero attached hydrogens (tertiary/aromatic N) is 1. The summed E-state index contributed by atoms with van der Waals surface area (Å²) in [4.78, 5) is 14.5. The number of carbonyl (C=O) groups excluding carboxylic acids is 1. The van der Waals surface area contributed by atoms with E-state index in [0.717, 1.165) is 5.56 Å². The maximum Gasteiger partial charge on any atom is 0.266 e. The van der Waals surface area contributed by atoms with Crippen LogP contribution in [0, 0.1) is 0 Å². The van der Waals surface area contributed by atoms with Crippen molar-refractivity contribution in [3.8, 4) is 0 Å². The quantitative estimate of drug-likeness (QED) is 0.603. The van der Waals surface area contributed by atoms with Gasteiger partial charge in [0.15, 0.2) is 0 Å². The molecule has 0 aromatic heterocycles. The van der Waals surface area contributed by atoms with Gasteiger partial charge in [0.05, 0.1) is 4.91 Å². The molecule has 1 heterocycles. The third-order valence-corrected chi connectivity index (χ3v) is 4.64. The van der Waals surface area contributed by atoms with Crippen molar-refractivity contribution in [1.82, 2.24) is 4.90 Å². The van der Waals surface area contributed by atoms with E-state index in [2.05, 4.69) is 45.0 Å². The molecule has 1 aromatic rings. The predicted octanol–water partition coefficient (Wildman–Crippen LogP) is 4.21. The lowest BCUT2D eigenvalue weighted by molar-refractivity contribution is -0.121. The molecular weight excluding hydrogens is 286 g/mol. The van der Waals surface area contributed by atoms with Gasteiger partial charge in [-0.3, -0.25) is 9.69 Å². The van der Waals surface area contributed by atoms with E-state index >= 15 is 0 Å². The Balaban J connectivity index is 2.24. The molecule has 4 heteroatoms. The lowest BCUT2D eigenvalue weighted by Gasteiger charge is -2.18. The monoisotopic (exact) mass is 305 g/mol. The molecule has 1 amide bonds. The molecule has 0 radical (unpaired) electrons. The highest BCUT2D eigenvalue weighted by atomic mass is 32.2. The molecule has 0 unspecified atom stereocenters. The van der Waals surface area contributed by atoms with E-state index in [-0.39, 0.29) is 11.3 Å². The number of benzene rings is 1. The Kier molecular flexibility index (Phi) is 4.35. The molecule has 0 N–H and O–H groups in total. The van der Waals surface area contributed by atoms with Crippen LogP contribution < -0.4 is 0 Å². The molecular formula is C16H19NOS2. The van der Waals surface area contributed by atoms with Crippen LogP contribution in [0.3, 0.4) is 0 Å². The van der Waals surface area contributed by atoms with Crippen molar-refractivity contribution >= 4 is 40.3 Å². The molecule has 106 valence electrons. The minimum absolute atomic E-state index is 0.0161. The summed E-state index contributed by atoms with van der Waals surface area (Å²) in [7, 11) is 0. The number of thiocarbonyl (C=S) groups is 1. The Morgan fingerprint density at radius 2 is 1.85 bits per heavy atom. The average molecular weight is 305 g/mol. The summed E-state index contributed by atoms with van der Waals surface area (Å²) < 4.78 is 0.648. The first-order valence-corrected chi connectivity index (χ1v) is 7.91. The van der Waals surface area contributed by atoms with Gasteiger partial charge in [-0.15, -0.1) is 0 Å². The molecule has 2 rings (SSSR count). The van der Waals surface area contributed by atoms with Crippen molar-refractivity contribution in [2.24, 2.45) is 0 Å². The van der Waals surface area contributed by atoms with Gasteiger partial charge in [0.25, 0.3) is 5.91 Å². The van der Waals surface area contributed by atoms with E-state index < -0.39 is 0 Å². The Morgan fingerprint density at radius 1 is 1.25 bits per heavy atom. The van der Waals surface area contributed by atoms with Gasteiger partial charge < -0.3 is 0 Å². The lowest BCUT2D eigenvalue weighted by Crippen LogP contribution is -2.27. The van der Waals surface area contributed by atoms with E-state index in [1.165, 1.54) is 17.3 Å². The van der Waals surface area contributed by atoms with Crippen LogP contribution in [0.2, 0.25) is 0 Å². The average Bonchev–Trinajstić information content (AvgIpc) is 2.63. The molecule has 1 fully saturated rings. The summed E-state index contributed by atoms with van der Waals surface area (Å²) in [5.41, 5.74) is 2.47. The molecule has 0 atom stereocenters. The number of hydrogen-bond donors (Lipinski definition) is 0. The van der Waals surface area contributed by atoms with Gasteiger partial charge in [-0.05, 0) is 29.5 Å². The molecule has 0 saturated carbocycles. The smallest absolute Gasteiger partial charge is 0.266 e. The second-order valence-electron chi connectivity index (χ2n) is 5.80. The van der Waals surface area contributed by atoms with Crippen LogP contribution in [-0.4, -0.2) is 21.7 Å². The minimum Gasteiger partial charge on any atom is -0.293 e. The Labute approximate surface area is 130 Å². The highest BCUT2D eigenvalue weighted by Crippen LogP contribution is 2.32. The van der Waals surface area contributed by atoms with Gasteiger partial charge in [-0.2, -0.15) is 0 Å². The Hall–Kier alpha value is -1.13. The summed E-state index contributed by atoms with van der Waals surface area (Å²) >= 11 is 6.59. The van der Waals surface area contributed by atoms with E-state index in [9.17, 15) is 4.79 Å². The fourth-order valence-corrected chi connectivity index (χ4v) is 3.39. The molecule has 0 aliphatic carbocycles. The number of thioether (sulfide) groups is 1.